The fourth-order valence-electron chi connectivity index (χ4n) is 0.356. The molecule has 6 heteroatoms. The van der Waals surface area contributed by atoms with Crippen LogP contribution in [0.25, 0.3) is 0 Å². The van der Waals surface area contributed by atoms with Crippen molar-refractivity contribution in [2.24, 2.45) is 0 Å². The van der Waals surface area contributed by atoms with Gasteiger partial charge >= 0.3 is 16.2 Å². The maximum Gasteiger partial charge on any atom is 0.351 e. The minimum Gasteiger partial charge on any atom is -0.214 e. The summed E-state index contributed by atoms with van der Waals surface area (Å²) in [6.07, 6.45) is 0. The topological polar surface area (TPSA) is 0 Å². The Morgan fingerprint density at radius 3 is 0.889 bits per heavy atom. The monoisotopic (exact) mass is 182 g/mol. The Kier molecular flexibility index (Phi) is 1.09. The number of hydrogen-bond acceptors (Lipinski definition) is 0. The van der Waals surface area contributed by atoms with Gasteiger partial charge in [0.15, 0.2) is 0 Å². The molecule has 1 fully saturated rings. The summed E-state index contributed by atoms with van der Waals surface area (Å²) in [6, 6.07) is 0. The van der Waals surface area contributed by atoms with Crippen molar-refractivity contribution in [3.8, 4) is 0 Å². The van der Waals surface area contributed by atoms with Crippen LogP contribution in [0.1, 0.15) is 0 Å². The van der Waals surface area contributed by atoms with Gasteiger partial charge < -0.3 is 0 Å². The van der Waals surface area contributed by atoms with E-state index in [1.807, 2.05) is 0 Å². The fraction of sp³-hybridized carbons (Fsp3) is 1.00. The molecule has 0 amide bonds. The van der Waals surface area contributed by atoms with Gasteiger partial charge in [-0.1, -0.05) is 23.2 Å². The summed E-state index contributed by atoms with van der Waals surface area (Å²) in [5.41, 5.74) is 0. The van der Waals surface area contributed by atoms with Crippen LogP contribution in [-0.2, 0) is 0 Å². The zero-order valence-corrected chi connectivity index (χ0v) is 5.28. The molecule has 1 rings (SSSR count). The minimum atomic E-state index is -4.26. The fourth-order valence-corrected chi connectivity index (χ4v) is 0.808. The Morgan fingerprint density at radius 1 is 0.778 bits per heavy atom. The molecule has 1 aliphatic carbocycles. The number of rotatable bonds is 0. The molecule has 9 heavy (non-hydrogen) atoms. The van der Waals surface area contributed by atoms with Crippen molar-refractivity contribution in [2.45, 2.75) is 16.2 Å². The van der Waals surface area contributed by atoms with Gasteiger partial charge in [-0.3, -0.25) is 0 Å². The summed E-state index contributed by atoms with van der Waals surface area (Å²) < 4.78 is 47.1. The maximum absolute atomic E-state index is 11.9. The molecule has 0 radical (unpaired) electrons. The van der Waals surface area contributed by atoms with E-state index in [1.165, 1.54) is 0 Å². The van der Waals surface area contributed by atoms with E-state index in [0.29, 0.717) is 0 Å². The van der Waals surface area contributed by atoms with Crippen LogP contribution in [0.3, 0.4) is 0 Å². The summed E-state index contributed by atoms with van der Waals surface area (Å²) in [5.74, 6) is -4.26. The average Bonchev–Trinajstić information content (AvgIpc) is 1.84. The second-order valence-corrected chi connectivity index (χ2v) is 2.76. The van der Waals surface area contributed by atoms with Crippen molar-refractivity contribution in [3.63, 3.8) is 0 Å². The van der Waals surface area contributed by atoms with E-state index >= 15 is 0 Å². The molecular weight excluding hydrogens is 183 g/mol. The lowest BCUT2D eigenvalue weighted by molar-refractivity contribution is 0.0540. The van der Waals surface area contributed by atoms with Crippen LogP contribution in [0.5, 0.6) is 0 Å². The second kappa shape index (κ2) is 1.32. The van der Waals surface area contributed by atoms with Gasteiger partial charge in [0.1, 0.15) is 0 Å². The molecule has 0 aliphatic heterocycles. The average molecular weight is 183 g/mol. The Morgan fingerprint density at radius 2 is 0.889 bits per heavy atom. The van der Waals surface area contributed by atoms with Crippen LogP contribution < -0.4 is 0 Å². The molecule has 0 aromatic carbocycles. The van der Waals surface area contributed by atoms with E-state index in [-0.39, 0.29) is 0 Å². The van der Waals surface area contributed by atoms with Crippen LogP contribution in [0, 0.1) is 0 Å². The predicted octanol–water partition coefficient (Wildman–Crippen LogP) is 2.44. The summed E-state index contributed by atoms with van der Waals surface area (Å²) in [5, 5.41) is -7.44. The van der Waals surface area contributed by atoms with Crippen molar-refractivity contribution in [1.29, 1.82) is 0 Å². The highest BCUT2D eigenvalue weighted by molar-refractivity contribution is 6.39. The van der Waals surface area contributed by atoms with Gasteiger partial charge in [0.2, 0.25) is 0 Å². The number of alkyl halides is 6. The van der Waals surface area contributed by atoms with E-state index in [9.17, 15) is 17.6 Å². The van der Waals surface area contributed by atoms with Crippen molar-refractivity contribution in [2.75, 3.05) is 0 Å². The van der Waals surface area contributed by atoms with Crippen molar-refractivity contribution < 1.29 is 17.6 Å². The number of hydrogen-bond donors (Lipinski definition) is 0. The minimum absolute atomic E-state index is 3.72. The summed E-state index contributed by atoms with van der Waals surface area (Å²) in [6.45, 7) is 0. The van der Waals surface area contributed by atoms with Gasteiger partial charge in [-0.2, -0.15) is 8.78 Å². The highest BCUT2D eigenvalue weighted by Crippen LogP contribution is 2.71. The van der Waals surface area contributed by atoms with Crippen molar-refractivity contribution in [1.82, 2.24) is 0 Å². The largest absolute Gasteiger partial charge is 0.351 e. The summed E-state index contributed by atoms with van der Waals surface area (Å²) in [7, 11) is 0. The smallest absolute Gasteiger partial charge is 0.214 e. The molecule has 0 aromatic rings. The molecule has 0 N–H and O–H groups in total. The summed E-state index contributed by atoms with van der Waals surface area (Å²) >= 11 is 8.60. The molecule has 0 nitrogen and oxygen atoms in total. The molecule has 1 aliphatic rings. The Balaban J connectivity index is 2.91. The summed E-state index contributed by atoms with van der Waals surface area (Å²) in [4.78, 5) is 0. The van der Waals surface area contributed by atoms with E-state index in [2.05, 4.69) is 23.2 Å². The first-order valence-electron chi connectivity index (χ1n) is 1.88. The van der Waals surface area contributed by atoms with Crippen LogP contribution in [0.4, 0.5) is 17.6 Å². The molecule has 54 valence electrons. The Labute approximate surface area is 57.7 Å². The van der Waals surface area contributed by atoms with Crippen LogP contribution >= 0.6 is 23.2 Å². The lowest BCUT2D eigenvalue weighted by Crippen LogP contribution is -2.01. The zero-order chi connectivity index (χ0) is 7.50. The van der Waals surface area contributed by atoms with Crippen LogP contribution in [0.2, 0.25) is 0 Å². The third-order valence-corrected chi connectivity index (χ3v) is 2.21. The lowest BCUT2D eigenvalue weighted by atomic mass is 10.8. The highest BCUT2D eigenvalue weighted by Gasteiger charge is 2.96. The number of halogens is 6. The molecule has 2 atom stereocenters. The van der Waals surface area contributed by atoms with E-state index in [0.717, 1.165) is 0 Å². The standard InChI is InChI=1S/C3Cl2F4/c4-1(6)2(5,7)3(1,8)9/t1-,2+. The van der Waals surface area contributed by atoms with Crippen molar-refractivity contribution >= 4 is 23.2 Å². The molecule has 0 bridgehead atoms. The van der Waals surface area contributed by atoms with E-state index < -0.39 is 16.2 Å². The first kappa shape index (κ1) is 7.41. The van der Waals surface area contributed by atoms with Crippen LogP contribution in [-0.4, -0.2) is 16.2 Å². The highest BCUT2D eigenvalue weighted by atomic mass is 35.5. The lowest BCUT2D eigenvalue weighted by Gasteiger charge is -1.86. The first-order chi connectivity index (χ1) is 3.75. The third-order valence-electron chi connectivity index (χ3n) is 1.12. The van der Waals surface area contributed by atoms with E-state index in [1.54, 1.807) is 0 Å². The van der Waals surface area contributed by atoms with Crippen LogP contribution in [0.15, 0.2) is 0 Å². The molecule has 0 heterocycles. The Bertz CT molecular complexity index is 111. The molecule has 0 spiro atoms. The van der Waals surface area contributed by atoms with Crippen molar-refractivity contribution in [3.05, 3.63) is 0 Å². The van der Waals surface area contributed by atoms with Gasteiger partial charge in [0.05, 0.1) is 0 Å². The maximum atomic E-state index is 11.9. The normalized spacial score (nSPS) is 55.3. The second-order valence-electron chi connectivity index (χ2n) is 1.72. The van der Waals surface area contributed by atoms with Gasteiger partial charge in [-0.15, -0.1) is 0 Å². The quantitative estimate of drug-likeness (QED) is 0.399. The first-order valence-corrected chi connectivity index (χ1v) is 2.64. The predicted molar refractivity (Wildman–Crippen MR) is 24.3 cm³/mol. The SMILES string of the molecule is FC1(F)[C@](F)(Cl)[C@]1(F)Cl. The molecule has 0 unspecified atom stereocenters. The molecular formula is C3Cl2F4. The third kappa shape index (κ3) is 0.515. The Hall–Kier alpha value is 0.300. The van der Waals surface area contributed by atoms with E-state index in [4.69, 9.17) is 0 Å². The molecule has 0 aromatic heterocycles. The molecule has 0 saturated heterocycles. The van der Waals surface area contributed by atoms with Gasteiger partial charge in [0.25, 0.3) is 0 Å². The van der Waals surface area contributed by atoms with Gasteiger partial charge in [0, 0.05) is 0 Å². The zero-order valence-electron chi connectivity index (χ0n) is 3.77. The molecule has 1 saturated carbocycles. The van der Waals surface area contributed by atoms with Gasteiger partial charge in [-0.25, -0.2) is 8.78 Å². The van der Waals surface area contributed by atoms with Gasteiger partial charge in [-0.05, 0) is 0 Å².